The SMILES string of the molecule is C1CCNC1.NC(=O)O.c1ccccc1. The molecular weight excluding hydrogens is 192 g/mol. The number of hydrogen-bond acceptors (Lipinski definition) is 2. The number of primary amides is 1. The lowest BCUT2D eigenvalue weighted by atomic mass is 10.4. The summed E-state index contributed by atoms with van der Waals surface area (Å²) in [5.74, 6) is 0. The first-order valence-corrected chi connectivity index (χ1v) is 4.92. The Morgan fingerprint density at radius 2 is 1.27 bits per heavy atom. The van der Waals surface area contributed by atoms with Gasteiger partial charge in [-0.25, -0.2) is 4.79 Å². The van der Waals surface area contributed by atoms with Crippen molar-refractivity contribution in [1.29, 1.82) is 0 Å². The first kappa shape index (κ1) is 13.4. The number of amides is 1. The molecule has 0 radical (unpaired) electrons. The van der Waals surface area contributed by atoms with Crippen molar-refractivity contribution in [2.75, 3.05) is 13.1 Å². The molecule has 84 valence electrons. The van der Waals surface area contributed by atoms with Gasteiger partial charge in [-0.15, -0.1) is 0 Å². The van der Waals surface area contributed by atoms with E-state index in [1.54, 1.807) is 0 Å². The molecule has 0 unspecified atom stereocenters. The van der Waals surface area contributed by atoms with Gasteiger partial charge >= 0.3 is 6.09 Å². The van der Waals surface area contributed by atoms with Gasteiger partial charge in [0.15, 0.2) is 0 Å². The van der Waals surface area contributed by atoms with E-state index in [0.29, 0.717) is 0 Å². The number of carboxylic acid groups (broad SMARTS) is 1. The van der Waals surface area contributed by atoms with E-state index in [2.05, 4.69) is 11.1 Å². The normalized spacial score (nSPS) is 12.8. The van der Waals surface area contributed by atoms with E-state index in [9.17, 15) is 0 Å². The molecule has 0 saturated carbocycles. The molecule has 0 bridgehead atoms. The Bertz CT molecular complexity index is 197. The molecule has 1 aliphatic rings. The van der Waals surface area contributed by atoms with E-state index in [0.717, 1.165) is 0 Å². The number of carbonyl (C=O) groups is 1. The number of hydrogen-bond donors (Lipinski definition) is 3. The van der Waals surface area contributed by atoms with Crippen molar-refractivity contribution in [3.8, 4) is 0 Å². The van der Waals surface area contributed by atoms with Gasteiger partial charge in [0.25, 0.3) is 0 Å². The maximum Gasteiger partial charge on any atom is 0.402 e. The summed E-state index contributed by atoms with van der Waals surface area (Å²) in [5, 5.41) is 10.4. The zero-order chi connectivity index (χ0) is 11.4. The van der Waals surface area contributed by atoms with Crippen LogP contribution in [0.3, 0.4) is 0 Å². The molecule has 1 heterocycles. The summed E-state index contributed by atoms with van der Waals surface area (Å²) >= 11 is 0. The van der Waals surface area contributed by atoms with E-state index in [1.807, 2.05) is 36.4 Å². The third-order valence-electron chi connectivity index (χ3n) is 1.62. The summed E-state index contributed by atoms with van der Waals surface area (Å²) in [6, 6.07) is 12.0. The first-order chi connectivity index (χ1) is 7.23. The second-order valence-electron chi connectivity index (χ2n) is 2.95. The zero-order valence-corrected chi connectivity index (χ0v) is 8.73. The van der Waals surface area contributed by atoms with Crippen molar-refractivity contribution < 1.29 is 9.90 Å². The van der Waals surface area contributed by atoms with E-state index in [1.165, 1.54) is 25.9 Å². The summed E-state index contributed by atoms with van der Waals surface area (Å²) in [6.07, 6.45) is 1.44. The van der Waals surface area contributed by atoms with Crippen LogP contribution in [-0.4, -0.2) is 24.3 Å². The summed E-state index contributed by atoms with van der Waals surface area (Å²) in [5.41, 5.74) is 4.03. The van der Waals surface area contributed by atoms with Crippen LogP contribution < -0.4 is 11.1 Å². The highest BCUT2D eigenvalue weighted by molar-refractivity contribution is 5.61. The number of benzene rings is 1. The fourth-order valence-electron chi connectivity index (χ4n) is 1.01. The van der Waals surface area contributed by atoms with Crippen LogP contribution in [0.2, 0.25) is 0 Å². The number of nitrogens with one attached hydrogen (secondary N) is 1. The van der Waals surface area contributed by atoms with E-state index in [4.69, 9.17) is 9.90 Å². The van der Waals surface area contributed by atoms with Crippen LogP contribution in [-0.2, 0) is 0 Å². The molecule has 2 rings (SSSR count). The monoisotopic (exact) mass is 210 g/mol. The van der Waals surface area contributed by atoms with E-state index in [-0.39, 0.29) is 0 Å². The second kappa shape index (κ2) is 10.5. The summed E-state index contributed by atoms with van der Waals surface area (Å²) < 4.78 is 0. The second-order valence-corrected chi connectivity index (χ2v) is 2.95. The lowest BCUT2D eigenvalue weighted by Crippen LogP contribution is -2.03. The van der Waals surface area contributed by atoms with Crippen LogP contribution in [0.25, 0.3) is 0 Å². The van der Waals surface area contributed by atoms with E-state index < -0.39 is 6.09 Å². The predicted octanol–water partition coefficient (Wildman–Crippen LogP) is 1.68. The number of rotatable bonds is 0. The number of nitrogens with two attached hydrogens (primary N) is 1. The van der Waals surface area contributed by atoms with Crippen molar-refractivity contribution >= 4 is 6.09 Å². The van der Waals surface area contributed by atoms with Gasteiger partial charge in [0.2, 0.25) is 0 Å². The quantitative estimate of drug-likeness (QED) is 0.609. The predicted molar refractivity (Wildman–Crippen MR) is 60.8 cm³/mol. The van der Waals surface area contributed by atoms with Gasteiger partial charge in [0.05, 0.1) is 0 Å². The first-order valence-electron chi connectivity index (χ1n) is 4.92. The lowest BCUT2D eigenvalue weighted by Gasteiger charge is -1.76. The largest absolute Gasteiger partial charge is 0.465 e. The molecule has 0 aliphatic carbocycles. The molecule has 0 aromatic heterocycles. The third kappa shape index (κ3) is 15.2. The Hall–Kier alpha value is -1.55. The molecule has 4 N–H and O–H groups in total. The van der Waals surface area contributed by atoms with Crippen molar-refractivity contribution in [3.63, 3.8) is 0 Å². The van der Waals surface area contributed by atoms with Gasteiger partial charge in [-0.1, -0.05) is 36.4 Å². The molecule has 0 atom stereocenters. The molecule has 4 nitrogen and oxygen atoms in total. The maximum atomic E-state index is 8.78. The molecular formula is C11H18N2O2. The van der Waals surface area contributed by atoms with Crippen LogP contribution in [0.1, 0.15) is 12.8 Å². The van der Waals surface area contributed by atoms with Crippen LogP contribution in [0.5, 0.6) is 0 Å². The third-order valence-corrected chi connectivity index (χ3v) is 1.62. The van der Waals surface area contributed by atoms with Crippen LogP contribution >= 0.6 is 0 Å². The molecule has 1 aliphatic heterocycles. The Labute approximate surface area is 90.1 Å². The molecule has 0 spiro atoms. The smallest absolute Gasteiger partial charge is 0.402 e. The van der Waals surface area contributed by atoms with Crippen LogP contribution in [0.15, 0.2) is 36.4 Å². The van der Waals surface area contributed by atoms with Crippen molar-refractivity contribution in [3.05, 3.63) is 36.4 Å². The fourth-order valence-corrected chi connectivity index (χ4v) is 1.01. The molecule has 1 amide bonds. The Morgan fingerprint density at radius 3 is 1.40 bits per heavy atom. The van der Waals surface area contributed by atoms with Crippen molar-refractivity contribution in [2.45, 2.75) is 12.8 Å². The summed E-state index contributed by atoms with van der Waals surface area (Å²) in [7, 11) is 0. The maximum absolute atomic E-state index is 8.78. The average Bonchev–Trinajstić information content (AvgIpc) is 2.77. The minimum Gasteiger partial charge on any atom is -0.465 e. The zero-order valence-electron chi connectivity index (χ0n) is 8.73. The summed E-state index contributed by atoms with van der Waals surface area (Å²) in [6.45, 7) is 2.50. The van der Waals surface area contributed by atoms with Crippen molar-refractivity contribution in [1.82, 2.24) is 5.32 Å². The minimum absolute atomic E-state index is 1.25. The lowest BCUT2D eigenvalue weighted by molar-refractivity contribution is 0.205. The van der Waals surface area contributed by atoms with Gasteiger partial charge in [-0.05, 0) is 25.9 Å². The van der Waals surface area contributed by atoms with Crippen LogP contribution in [0.4, 0.5) is 4.79 Å². The topological polar surface area (TPSA) is 75.3 Å². The van der Waals surface area contributed by atoms with Crippen molar-refractivity contribution in [2.24, 2.45) is 5.73 Å². The summed E-state index contributed by atoms with van der Waals surface area (Å²) in [4.78, 5) is 8.78. The highest BCUT2D eigenvalue weighted by Crippen LogP contribution is 1.90. The minimum atomic E-state index is -1.33. The van der Waals surface area contributed by atoms with Gasteiger partial charge in [0, 0.05) is 0 Å². The highest BCUT2D eigenvalue weighted by atomic mass is 16.4. The van der Waals surface area contributed by atoms with Crippen LogP contribution in [0, 0.1) is 0 Å². The molecule has 4 heteroatoms. The molecule has 15 heavy (non-hydrogen) atoms. The molecule has 1 saturated heterocycles. The Kier molecular flexibility index (Phi) is 9.44. The average molecular weight is 210 g/mol. The molecule has 1 fully saturated rings. The Morgan fingerprint density at radius 1 is 1.00 bits per heavy atom. The van der Waals surface area contributed by atoms with Gasteiger partial charge < -0.3 is 16.2 Å². The van der Waals surface area contributed by atoms with E-state index >= 15 is 0 Å². The van der Waals surface area contributed by atoms with Gasteiger partial charge in [-0.2, -0.15) is 0 Å². The molecule has 1 aromatic carbocycles. The van der Waals surface area contributed by atoms with Gasteiger partial charge in [0.1, 0.15) is 0 Å². The molecule has 1 aromatic rings. The van der Waals surface area contributed by atoms with Gasteiger partial charge in [-0.3, -0.25) is 0 Å². The fraction of sp³-hybridized carbons (Fsp3) is 0.364. The standard InChI is InChI=1S/C6H6.C4H9N.CH3NO2/c1-2-4-6-5-3-1;1-2-4-5-3-1;2-1(3)4/h1-6H;5H,1-4H2;2H2,(H,3,4). The highest BCUT2D eigenvalue weighted by Gasteiger charge is 1.93. The Balaban J connectivity index is 0.000000202.